The third-order valence-corrected chi connectivity index (χ3v) is 3.52. The van der Waals surface area contributed by atoms with Crippen LogP contribution in [-0.2, 0) is 11.3 Å². The molecule has 2 N–H and O–H groups in total. The van der Waals surface area contributed by atoms with E-state index >= 15 is 0 Å². The van der Waals surface area contributed by atoms with E-state index in [2.05, 4.69) is 22.7 Å². The topological polar surface area (TPSA) is 57.0 Å². The first-order valence-electron chi connectivity index (χ1n) is 7.45. The fourth-order valence-electron chi connectivity index (χ4n) is 2.30. The van der Waals surface area contributed by atoms with E-state index < -0.39 is 5.97 Å². The van der Waals surface area contributed by atoms with E-state index in [0.717, 1.165) is 19.4 Å². The average Bonchev–Trinajstić information content (AvgIpc) is 2.77. The molecule has 19 heavy (non-hydrogen) atoms. The highest BCUT2D eigenvalue weighted by Crippen LogP contribution is 2.09. The van der Waals surface area contributed by atoms with Crippen LogP contribution in [0.5, 0.6) is 0 Å². The van der Waals surface area contributed by atoms with Crippen LogP contribution in [0.2, 0.25) is 0 Å². The van der Waals surface area contributed by atoms with Crippen molar-refractivity contribution < 1.29 is 14.5 Å². The van der Waals surface area contributed by atoms with Crippen molar-refractivity contribution in [2.24, 2.45) is 0 Å². The number of carboxylic acid groups (broad SMARTS) is 1. The first-order valence-corrected chi connectivity index (χ1v) is 7.45. The number of hydrogen-bond acceptors (Lipinski definition) is 1. The maximum atomic E-state index is 10.3. The molecule has 0 spiro atoms. The third-order valence-electron chi connectivity index (χ3n) is 3.52. The molecule has 0 saturated carbocycles. The fourth-order valence-corrected chi connectivity index (χ4v) is 2.30. The van der Waals surface area contributed by atoms with Crippen molar-refractivity contribution in [1.82, 2.24) is 4.98 Å². The average molecular weight is 267 g/mol. The molecule has 0 atom stereocenters. The van der Waals surface area contributed by atoms with Gasteiger partial charge in [0.2, 0.25) is 0 Å². The van der Waals surface area contributed by atoms with Crippen LogP contribution < -0.4 is 4.57 Å². The van der Waals surface area contributed by atoms with Gasteiger partial charge in [-0.1, -0.05) is 32.1 Å². The Balaban J connectivity index is 1.84. The Hall–Kier alpha value is -1.32. The summed E-state index contributed by atoms with van der Waals surface area (Å²) in [7, 11) is 0. The van der Waals surface area contributed by atoms with Gasteiger partial charge in [0.25, 0.3) is 5.82 Å². The Bertz CT molecular complexity index is 361. The Labute approximate surface area is 115 Å². The second kappa shape index (κ2) is 9.59. The number of H-pyrrole nitrogens is 1. The number of aliphatic carboxylic acids is 1. The van der Waals surface area contributed by atoms with E-state index in [1.807, 2.05) is 6.20 Å². The van der Waals surface area contributed by atoms with E-state index in [9.17, 15) is 4.79 Å². The first-order chi connectivity index (χ1) is 9.20. The summed E-state index contributed by atoms with van der Waals surface area (Å²) >= 11 is 0. The number of carbonyl (C=O) groups is 1. The van der Waals surface area contributed by atoms with Gasteiger partial charge >= 0.3 is 5.97 Å². The Morgan fingerprint density at radius 3 is 2.21 bits per heavy atom. The third kappa shape index (κ3) is 7.65. The van der Waals surface area contributed by atoms with Crippen LogP contribution in [0.25, 0.3) is 0 Å². The quantitative estimate of drug-likeness (QED) is 0.478. The Kier molecular flexibility index (Phi) is 7.94. The van der Waals surface area contributed by atoms with Gasteiger partial charge in [-0.05, 0) is 19.3 Å². The van der Waals surface area contributed by atoms with E-state index in [-0.39, 0.29) is 0 Å². The summed E-state index contributed by atoms with van der Waals surface area (Å²) in [5.41, 5.74) is 0. The first kappa shape index (κ1) is 15.7. The van der Waals surface area contributed by atoms with Gasteiger partial charge in [-0.15, -0.1) is 0 Å². The normalized spacial score (nSPS) is 10.8. The monoisotopic (exact) mass is 267 g/mol. The van der Waals surface area contributed by atoms with Gasteiger partial charge in [-0.25, -0.2) is 9.55 Å². The van der Waals surface area contributed by atoms with Gasteiger partial charge in [-0.3, -0.25) is 4.79 Å². The van der Waals surface area contributed by atoms with Crippen molar-refractivity contribution in [3.63, 3.8) is 0 Å². The second-order valence-electron chi connectivity index (χ2n) is 5.21. The van der Waals surface area contributed by atoms with Crippen LogP contribution in [0.1, 0.15) is 63.6 Å². The summed E-state index contributed by atoms with van der Waals surface area (Å²) in [4.78, 5) is 13.5. The Morgan fingerprint density at radius 1 is 1.11 bits per heavy atom. The minimum absolute atomic E-state index is 0.327. The number of nitrogens with one attached hydrogen (secondary N) is 1. The lowest BCUT2D eigenvalue weighted by atomic mass is 10.1. The second-order valence-corrected chi connectivity index (χ2v) is 5.21. The Morgan fingerprint density at radius 2 is 1.68 bits per heavy atom. The van der Waals surface area contributed by atoms with Gasteiger partial charge in [0.15, 0.2) is 0 Å². The zero-order valence-corrected chi connectivity index (χ0v) is 12.0. The molecule has 0 aliphatic carbocycles. The van der Waals surface area contributed by atoms with Gasteiger partial charge in [-0.2, -0.15) is 0 Å². The van der Waals surface area contributed by atoms with E-state index in [1.54, 1.807) is 0 Å². The van der Waals surface area contributed by atoms with Crippen LogP contribution in [0.4, 0.5) is 0 Å². The highest BCUT2D eigenvalue weighted by atomic mass is 16.4. The molecule has 0 radical (unpaired) electrons. The van der Waals surface area contributed by atoms with Crippen LogP contribution in [0.3, 0.4) is 0 Å². The number of aromatic amines is 1. The molecule has 4 nitrogen and oxygen atoms in total. The molecule has 1 aromatic heterocycles. The molecule has 4 heteroatoms. The summed E-state index contributed by atoms with van der Waals surface area (Å²) in [6, 6.07) is 0. The number of aromatic nitrogens is 2. The molecule has 0 aliphatic heterocycles. The van der Waals surface area contributed by atoms with Crippen molar-refractivity contribution in [2.45, 2.75) is 71.3 Å². The minimum atomic E-state index is -0.669. The van der Waals surface area contributed by atoms with Crippen molar-refractivity contribution in [1.29, 1.82) is 0 Å². The van der Waals surface area contributed by atoms with Gasteiger partial charge in [0.1, 0.15) is 12.4 Å². The van der Waals surface area contributed by atoms with Crippen LogP contribution in [0, 0.1) is 6.92 Å². The predicted octanol–water partition coefficient (Wildman–Crippen LogP) is 3.21. The molecule has 1 rings (SSSR count). The maximum Gasteiger partial charge on any atom is 0.303 e. The van der Waals surface area contributed by atoms with E-state index in [1.165, 1.54) is 44.3 Å². The largest absolute Gasteiger partial charge is 0.481 e. The number of rotatable bonds is 11. The number of hydrogen-bond donors (Lipinski definition) is 2. The number of imidazole rings is 1. The van der Waals surface area contributed by atoms with E-state index in [4.69, 9.17) is 5.11 Å². The van der Waals surface area contributed by atoms with Crippen LogP contribution >= 0.6 is 0 Å². The molecule has 0 aliphatic rings. The summed E-state index contributed by atoms with van der Waals surface area (Å²) in [6.07, 6.45) is 13.8. The summed E-state index contributed by atoms with van der Waals surface area (Å²) in [5.74, 6) is 0.552. The molecule has 0 aromatic carbocycles. The highest BCUT2D eigenvalue weighted by Gasteiger charge is 2.03. The van der Waals surface area contributed by atoms with E-state index in [0.29, 0.717) is 6.42 Å². The molecule has 0 amide bonds. The standard InChI is InChI=1S/C15H26N2O2/c1-14-16-11-13-17(14)12-9-7-5-3-2-4-6-8-10-15(18)19/h11,13H,2-10,12H2,1H3,(H,18,19)/p+1. The predicted molar refractivity (Wildman–Crippen MR) is 74.9 cm³/mol. The van der Waals surface area contributed by atoms with Crippen LogP contribution in [-0.4, -0.2) is 16.1 Å². The molecule has 0 bridgehead atoms. The lowest BCUT2D eigenvalue weighted by Gasteiger charge is -2.01. The highest BCUT2D eigenvalue weighted by molar-refractivity contribution is 5.66. The zero-order chi connectivity index (χ0) is 13.9. The molecule has 0 unspecified atom stereocenters. The lowest BCUT2D eigenvalue weighted by molar-refractivity contribution is -0.702. The molecule has 0 fully saturated rings. The number of aryl methyl sites for hydroxylation is 2. The van der Waals surface area contributed by atoms with Crippen molar-refractivity contribution >= 4 is 5.97 Å². The summed E-state index contributed by atoms with van der Waals surface area (Å²) in [5, 5.41) is 8.51. The molecule has 0 saturated heterocycles. The number of carboxylic acids is 1. The fraction of sp³-hybridized carbons (Fsp3) is 0.733. The molecule has 1 aromatic rings. The van der Waals surface area contributed by atoms with Crippen LogP contribution in [0.15, 0.2) is 12.4 Å². The van der Waals surface area contributed by atoms with Crippen molar-refractivity contribution in [3.8, 4) is 0 Å². The maximum absolute atomic E-state index is 10.3. The van der Waals surface area contributed by atoms with Crippen molar-refractivity contribution in [2.75, 3.05) is 0 Å². The summed E-state index contributed by atoms with van der Waals surface area (Å²) in [6.45, 7) is 3.20. The number of unbranched alkanes of at least 4 members (excludes halogenated alkanes) is 7. The molecule has 108 valence electrons. The van der Waals surface area contributed by atoms with Gasteiger partial charge in [0.05, 0.1) is 6.54 Å². The van der Waals surface area contributed by atoms with Gasteiger partial charge < -0.3 is 5.11 Å². The minimum Gasteiger partial charge on any atom is -0.481 e. The molecular formula is C15H27N2O2+. The molecule has 1 heterocycles. The lowest BCUT2D eigenvalue weighted by Crippen LogP contribution is -2.34. The number of nitrogens with zero attached hydrogens (tertiary/aromatic N) is 1. The zero-order valence-electron chi connectivity index (χ0n) is 12.0. The van der Waals surface area contributed by atoms with Crippen molar-refractivity contribution in [3.05, 3.63) is 18.2 Å². The SMILES string of the molecule is Cc1[nH]cc[n+]1CCCCCCCCCCC(=O)O. The molecular weight excluding hydrogens is 240 g/mol. The summed E-state index contributed by atoms with van der Waals surface area (Å²) < 4.78 is 2.26. The van der Waals surface area contributed by atoms with Gasteiger partial charge in [0, 0.05) is 13.3 Å². The smallest absolute Gasteiger partial charge is 0.303 e.